The molecule has 1 N–H and O–H groups in total. The van der Waals surface area contributed by atoms with Crippen molar-refractivity contribution in [3.05, 3.63) is 10.6 Å². The number of aromatic nitrogens is 1. The molecule has 0 saturated heterocycles. The van der Waals surface area contributed by atoms with E-state index in [0.717, 1.165) is 24.4 Å². The van der Waals surface area contributed by atoms with E-state index in [1.165, 1.54) is 54.4 Å². The number of rotatable bonds is 8. The zero-order valence-corrected chi connectivity index (χ0v) is 13.8. The van der Waals surface area contributed by atoms with Crippen LogP contribution in [-0.2, 0) is 6.54 Å². The summed E-state index contributed by atoms with van der Waals surface area (Å²) in [6.07, 6.45) is 6.68. The summed E-state index contributed by atoms with van der Waals surface area (Å²) in [4.78, 5) is 9.10. The van der Waals surface area contributed by atoms with Crippen LogP contribution < -0.4 is 10.2 Å². The summed E-state index contributed by atoms with van der Waals surface area (Å²) in [6, 6.07) is 0.773. The summed E-state index contributed by atoms with van der Waals surface area (Å²) in [5.74, 6) is 1.53. The van der Waals surface area contributed by atoms with Crippen molar-refractivity contribution in [1.82, 2.24) is 10.3 Å². The monoisotopic (exact) mass is 293 g/mol. The van der Waals surface area contributed by atoms with Crippen LogP contribution in [0.4, 0.5) is 5.13 Å². The van der Waals surface area contributed by atoms with E-state index < -0.39 is 0 Å². The van der Waals surface area contributed by atoms with Crippen molar-refractivity contribution in [2.45, 2.75) is 64.5 Å². The Bertz CT molecular complexity index is 447. The molecule has 1 aromatic rings. The van der Waals surface area contributed by atoms with Crippen molar-refractivity contribution >= 4 is 16.5 Å². The molecule has 3 rings (SSSR count). The van der Waals surface area contributed by atoms with Gasteiger partial charge >= 0.3 is 0 Å². The molecule has 2 aliphatic carbocycles. The Morgan fingerprint density at radius 1 is 1.30 bits per heavy atom. The van der Waals surface area contributed by atoms with Gasteiger partial charge in [0, 0.05) is 29.9 Å². The number of hydrogen-bond acceptors (Lipinski definition) is 4. The van der Waals surface area contributed by atoms with Crippen LogP contribution in [0.25, 0.3) is 0 Å². The minimum absolute atomic E-state index is 0.759. The smallest absolute Gasteiger partial charge is 0.186 e. The van der Waals surface area contributed by atoms with Gasteiger partial charge < -0.3 is 10.2 Å². The zero-order valence-electron chi connectivity index (χ0n) is 13.0. The van der Waals surface area contributed by atoms with Crippen molar-refractivity contribution < 1.29 is 0 Å². The molecule has 4 heteroatoms. The third kappa shape index (κ3) is 3.34. The molecular formula is C16H27N3S. The summed E-state index contributed by atoms with van der Waals surface area (Å²) >= 11 is 1.93. The lowest BCUT2D eigenvalue weighted by atomic mass is 10.1. The van der Waals surface area contributed by atoms with Gasteiger partial charge in [-0.25, -0.2) is 4.98 Å². The quantitative estimate of drug-likeness (QED) is 0.791. The number of anilines is 1. The summed E-state index contributed by atoms with van der Waals surface area (Å²) < 4.78 is 0. The molecule has 0 aromatic carbocycles. The van der Waals surface area contributed by atoms with Crippen molar-refractivity contribution in [1.29, 1.82) is 0 Å². The van der Waals surface area contributed by atoms with Gasteiger partial charge in [-0.3, -0.25) is 0 Å². The molecule has 2 aliphatic rings. The third-order valence-electron chi connectivity index (χ3n) is 4.20. The molecule has 0 radical (unpaired) electrons. The SMILES string of the molecule is CNCc1sc(N(CCC(C)C)C2CC2)nc1C1CC1. The lowest BCUT2D eigenvalue weighted by Crippen LogP contribution is -2.27. The molecule has 0 atom stereocenters. The first-order valence-corrected chi connectivity index (χ1v) is 8.91. The van der Waals surface area contributed by atoms with Crippen LogP contribution in [0.15, 0.2) is 0 Å². The fourth-order valence-electron chi connectivity index (χ4n) is 2.65. The molecule has 2 fully saturated rings. The van der Waals surface area contributed by atoms with E-state index in [-0.39, 0.29) is 0 Å². The predicted octanol–water partition coefficient (Wildman–Crippen LogP) is 3.75. The number of hydrogen-bond donors (Lipinski definition) is 1. The first kappa shape index (κ1) is 14.3. The maximum atomic E-state index is 5.03. The molecule has 0 spiro atoms. The first-order chi connectivity index (χ1) is 9.69. The topological polar surface area (TPSA) is 28.2 Å². The molecule has 0 bridgehead atoms. The summed E-state index contributed by atoms with van der Waals surface area (Å²) in [5.41, 5.74) is 1.40. The highest BCUT2D eigenvalue weighted by Crippen LogP contribution is 2.45. The highest BCUT2D eigenvalue weighted by molar-refractivity contribution is 7.15. The molecular weight excluding hydrogens is 266 g/mol. The molecule has 2 saturated carbocycles. The van der Waals surface area contributed by atoms with Crippen molar-refractivity contribution in [3.8, 4) is 0 Å². The Morgan fingerprint density at radius 3 is 2.60 bits per heavy atom. The van der Waals surface area contributed by atoms with E-state index in [2.05, 4.69) is 24.1 Å². The Kier molecular flexibility index (Phi) is 4.32. The van der Waals surface area contributed by atoms with Gasteiger partial charge in [-0.1, -0.05) is 13.8 Å². The van der Waals surface area contributed by atoms with E-state index in [1.54, 1.807) is 0 Å². The maximum absolute atomic E-state index is 5.03. The van der Waals surface area contributed by atoms with E-state index in [0.29, 0.717) is 0 Å². The molecule has 0 aliphatic heterocycles. The van der Waals surface area contributed by atoms with Crippen LogP contribution in [-0.4, -0.2) is 24.6 Å². The molecule has 0 unspecified atom stereocenters. The Labute approximate surface area is 126 Å². The van der Waals surface area contributed by atoms with Gasteiger partial charge in [-0.05, 0) is 45.1 Å². The summed E-state index contributed by atoms with van der Waals surface area (Å²) in [5, 5.41) is 4.60. The highest BCUT2D eigenvalue weighted by atomic mass is 32.1. The van der Waals surface area contributed by atoms with Gasteiger partial charge in [-0.15, -0.1) is 11.3 Å². The van der Waals surface area contributed by atoms with Crippen LogP contribution in [0.1, 0.15) is 62.4 Å². The number of nitrogens with zero attached hydrogens (tertiary/aromatic N) is 2. The van der Waals surface area contributed by atoms with E-state index in [9.17, 15) is 0 Å². The molecule has 20 heavy (non-hydrogen) atoms. The van der Waals surface area contributed by atoms with Gasteiger partial charge in [0.05, 0.1) is 5.69 Å². The van der Waals surface area contributed by atoms with Crippen molar-refractivity contribution in [3.63, 3.8) is 0 Å². The van der Waals surface area contributed by atoms with Crippen LogP contribution >= 0.6 is 11.3 Å². The molecule has 1 heterocycles. The maximum Gasteiger partial charge on any atom is 0.186 e. The molecule has 0 amide bonds. The second-order valence-electron chi connectivity index (χ2n) is 6.72. The number of thiazole rings is 1. The lowest BCUT2D eigenvalue weighted by molar-refractivity contribution is 0.570. The third-order valence-corrected chi connectivity index (χ3v) is 5.31. The minimum atomic E-state index is 0.759. The van der Waals surface area contributed by atoms with Crippen LogP contribution in [0.3, 0.4) is 0 Å². The van der Waals surface area contributed by atoms with Gasteiger partial charge in [0.2, 0.25) is 0 Å². The van der Waals surface area contributed by atoms with Crippen LogP contribution in [0.2, 0.25) is 0 Å². The molecule has 1 aromatic heterocycles. The number of nitrogens with one attached hydrogen (secondary N) is 1. The zero-order chi connectivity index (χ0) is 14.1. The van der Waals surface area contributed by atoms with Crippen molar-refractivity contribution in [2.75, 3.05) is 18.5 Å². The Hall–Kier alpha value is -0.610. The van der Waals surface area contributed by atoms with Gasteiger partial charge in [0.25, 0.3) is 0 Å². The van der Waals surface area contributed by atoms with Gasteiger partial charge in [0.1, 0.15) is 0 Å². The Morgan fingerprint density at radius 2 is 2.05 bits per heavy atom. The van der Waals surface area contributed by atoms with E-state index >= 15 is 0 Å². The predicted molar refractivity (Wildman–Crippen MR) is 86.7 cm³/mol. The normalized spacial score (nSPS) is 18.8. The fraction of sp³-hybridized carbons (Fsp3) is 0.812. The standard InChI is InChI=1S/C16H27N3S/c1-11(2)8-9-19(13-6-7-13)16-18-15(12-4-5-12)14(20-16)10-17-3/h11-13,17H,4-10H2,1-3H3. The summed E-state index contributed by atoms with van der Waals surface area (Å²) in [6.45, 7) is 6.79. The van der Waals surface area contributed by atoms with E-state index in [4.69, 9.17) is 4.98 Å². The average Bonchev–Trinajstić information content (AvgIpc) is 3.30. The molecule has 3 nitrogen and oxygen atoms in total. The van der Waals surface area contributed by atoms with Gasteiger partial charge in [-0.2, -0.15) is 0 Å². The van der Waals surface area contributed by atoms with Crippen LogP contribution in [0.5, 0.6) is 0 Å². The minimum Gasteiger partial charge on any atom is -0.345 e. The van der Waals surface area contributed by atoms with E-state index in [1.807, 2.05) is 18.4 Å². The summed E-state index contributed by atoms with van der Waals surface area (Å²) in [7, 11) is 2.04. The average molecular weight is 293 g/mol. The van der Waals surface area contributed by atoms with Crippen LogP contribution in [0, 0.1) is 5.92 Å². The Balaban J connectivity index is 1.77. The lowest BCUT2D eigenvalue weighted by Gasteiger charge is -2.22. The first-order valence-electron chi connectivity index (χ1n) is 8.10. The second-order valence-corrected chi connectivity index (χ2v) is 7.78. The van der Waals surface area contributed by atoms with Gasteiger partial charge in [0.15, 0.2) is 5.13 Å². The second kappa shape index (κ2) is 6.02. The van der Waals surface area contributed by atoms with Crippen molar-refractivity contribution in [2.24, 2.45) is 5.92 Å². The highest BCUT2D eigenvalue weighted by Gasteiger charge is 2.34. The fourth-order valence-corrected chi connectivity index (χ4v) is 3.91. The largest absolute Gasteiger partial charge is 0.345 e. The molecule has 112 valence electrons.